The average molecular weight is 209 g/mol. The molecule has 0 radical (unpaired) electrons. The van der Waals surface area contributed by atoms with Crippen LogP contribution in [0.1, 0.15) is 30.9 Å². The molecule has 3 nitrogen and oxygen atoms in total. The predicted molar refractivity (Wildman–Crippen MR) is 60.9 cm³/mol. The van der Waals surface area contributed by atoms with E-state index >= 15 is 0 Å². The van der Waals surface area contributed by atoms with Crippen molar-refractivity contribution in [3.63, 3.8) is 0 Å². The zero-order valence-corrected chi connectivity index (χ0v) is 9.62. The Hall–Kier alpha value is -1.06. The summed E-state index contributed by atoms with van der Waals surface area (Å²) in [6.07, 6.45) is 0.821. The van der Waals surface area contributed by atoms with Crippen LogP contribution in [-0.4, -0.2) is 13.7 Å². The molecule has 3 heteroatoms. The van der Waals surface area contributed by atoms with E-state index in [4.69, 9.17) is 10.6 Å². The Kier molecular flexibility index (Phi) is 4.59. The van der Waals surface area contributed by atoms with Crippen LogP contribution < -0.4 is 10.6 Å². The zero-order chi connectivity index (χ0) is 11.3. The summed E-state index contributed by atoms with van der Waals surface area (Å²) in [5.41, 5.74) is 2.49. The third kappa shape index (κ3) is 2.94. The van der Waals surface area contributed by atoms with Gasteiger partial charge in [-0.1, -0.05) is 26.0 Å². The fourth-order valence-electron chi connectivity index (χ4n) is 1.81. The van der Waals surface area contributed by atoms with Crippen LogP contribution in [0.25, 0.3) is 0 Å². The summed E-state index contributed by atoms with van der Waals surface area (Å²) in [5, 5.41) is 0. The summed E-state index contributed by atoms with van der Waals surface area (Å²) in [7, 11) is 1.70. The summed E-state index contributed by atoms with van der Waals surface area (Å²) < 4.78 is 5.36. The molecular weight excluding hydrogens is 190 g/mol. The lowest BCUT2D eigenvalue weighted by atomic mass is 9.94. The van der Waals surface area contributed by atoms with Gasteiger partial charge in [0.05, 0.1) is 13.7 Å². The summed E-state index contributed by atoms with van der Waals surface area (Å²) in [6.45, 7) is 4.85. The van der Waals surface area contributed by atoms with Gasteiger partial charge < -0.3 is 9.57 Å². The molecule has 0 aliphatic heterocycles. The second kappa shape index (κ2) is 5.73. The molecule has 15 heavy (non-hydrogen) atoms. The van der Waals surface area contributed by atoms with Crippen LogP contribution >= 0.6 is 0 Å². The maximum atomic E-state index is 5.36. The number of hydrogen-bond acceptors (Lipinski definition) is 3. The fraction of sp³-hybridized carbons (Fsp3) is 0.500. The molecular formula is C12H19NO2. The van der Waals surface area contributed by atoms with E-state index in [9.17, 15) is 0 Å². The van der Waals surface area contributed by atoms with Crippen LogP contribution in [0.4, 0.5) is 0 Å². The van der Waals surface area contributed by atoms with E-state index in [-0.39, 0.29) is 0 Å². The Balaban J connectivity index is 3.02. The molecule has 0 heterocycles. The Bertz CT molecular complexity index is 310. The second-order valence-electron chi connectivity index (χ2n) is 3.81. The largest absolute Gasteiger partial charge is 0.496 e. The van der Waals surface area contributed by atoms with Crippen molar-refractivity contribution < 1.29 is 9.57 Å². The highest BCUT2D eigenvalue weighted by molar-refractivity contribution is 5.42. The second-order valence-corrected chi connectivity index (χ2v) is 3.81. The van der Waals surface area contributed by atoms with Crippen molar-refractivity contribution in [3.05, 3.63) is 29.3 Å². The molecule has 2 N–H and O–H groups in total. The van der Waals surface area contributed by atoms with Gasteiger partial charge in [-0.3, -0.25) is 0 Å². The van der Waals surface area contributed by atoms with E-state index in [2.05, 4.69) is 24.8 Å². The third-order valence-corrected chi connectivity index (χ3v) is 2.44. The van der Waals surface area contributed by atoms with Crippen LogP contribution in [0.3, 0.4) is 0 Å². The van der Waals surface area contributed by atoms with Crippen LogP contribution in [0.15, 0.2) is 18.2 Å². The highest BCUT2D eigenvalue weighted by Crippen LogP contribution is 2.29. The maximum Gasteiger partial charge on any atom is 0.122 e. The van der Waals surface area contributed by atoms with E-state index in [0.717, 1.165) is 12.2 Å². The van der Waals surface area contributed by atoms with Crippen molar-refractivity contribution in [1.29, 1.82) is 0 Å². The first kappa shape index (κ1) is 12.0. The molecule has 0 aliphatic rings. The first-order valence-corrected chi connectivity index (χ1v) is 5.18. The summed E-state index contributed by atoms with van der Waals surface area (Å²) >= 11 is 0. The van der Waals surface area contributed by atoms with Gasteiger partial charge in [0.1, 0.15) is 5.75 Å². The quantitative estimate of drug-likeness (QED) is 0.756. The van der Waals surface area contributed by atoms with E-state index < -0.39 is 0 Å². The molecule has 0 bridgehead atoms. The standard InChI is InChI=1S/C12H19NO2/c1-9(2)12-10(7-8-15-13)5-4-6-11(12)14-3/h4-6,9H,7-8,13H2,1-3H3. The van der Waals surface area contributed by atoms with Gasteiger partial charge in [0.2, 0.25) is 0 Å². The minimum absolute atomic E-state index is 0.439. The van der Waals surface area contributed by atoms with E-state index in [1.165, 1.54) is 11.1 Å². The minimum atomic E-state index is 0.439. The van der Waals surface area contributed by atoms with Crippen molar-refractivity contribution in [3.8, 4) is 5.75 Å². The van der Waals surface area contributed by atoms with Crippen molar-refractivity contribution in [2.45, 2.75) is 26.2 Å². The normalized spacial score (nSPS) is 10.7. The molecule has 1 rings (SSSR count). The van der Waals surface area contributed by atoms with Gasteiger partial charge >= 0.3 is 0 Å². The minimum Gasteiger partial charge on any atom is -0.496 e. The Morgan fingerprint density at radius 2 is 2.07 bits per heavy atom. The lowest BCUT2D eigenvalue weighted by molar-refractivity contribution is 0.141. The predicted octanol–water partition coefficient (Wildman–Crippen LogP) is 2.25. The van der Waals surface area contributed by atoms with Gasteiger partial charge in [0.15, 0.2) is 0 Å². The van der Waals surface area contributed by atoms with Crippen LogP contribution in [0.2, 0.25) is 0 Å². The highest BCUT2D eigenvalue weighted by atomic mass is 16.6. The highest BCUT2D eigenvalue weighted by Gasteiger charge is 2.11. The number of nitrogens with two attached hydrogens (primary N) is 1. The van der Waals surface area contributed by atoms with Crippen LogP contribution in [0.5, 0.6) is 5.75 Å². The molecule has 1 aromatic carbocycles. The Labute approximate surface area is 91.1 Å². The molecule has 0 spiro atoms. The van der Waals surface area contributed by atoms with E-state index in [1.807, 2.05) is 12.1 Å². The van der Waals surface area contributed by atoms with Gasteiger partial charge in [-0.05, 0) is 29.5 Å². The van der Waals surface area contributed by atoms with Crippen molar-refractivity contribution in [2.24, 2.45) is 5.90 Å². The van der Waals surface area contributed by atoms with Gasteiger partial charge in [0.25, 0.3) is 0 Å². The van der Waals surface area contributed by atoms with Crippen LogP contribution in [-0.2, 0) is 11.3 Å². The van der Waals surface area contributed by atoms with Crippen molar-refractivity contribution in [1.82, 2.24) is 0 Å². The lowest BCUT2D eigenvalue weighted by Crippen LogP contribution is -2.07. The van der Waals surface area contributed by atoms with Gasteiger partial charge in [-0.15, -0.1) is 0 Å². The van der Waals surface area contributed by atoms with Gasteiger partial charge in [-0.2, -0.15) is 0 Å². The molecule has 0 amide bonds. The number of rotatable bonds is 5. The third-order valence-electron chi connectivity index (χ3n) is 2.44. The summed E-state index contributed by atoms with van der Waals surface area (Å²) in [4.78, 5) is 4.61. The molecule has 1 aromatic rings. The number of ether oxygens (including phenoxy) is 1. The number of benzene rings is 1. The lowest BCUT2D eigenvalue weighted by Gasteiger charge is -2.16. The molecule has 84 valence electrons. The summed E-state index contributed by atoms with van der Waals surface area (Å²) in [5.74, 6) is 6.42. The molecule has 0 saturated heterocycles. The molecule has 0 aromatic heterocycles. The van der Waals surface area contributed by atoms with E-state index in [0.29, 0.717) is 12.5 Å². The fourth-order valence-corrected chi connectivity index (χ4v) is 1.81. The van der Waals surface area contributed by atoms with Crippen molar-refractivity contribution >= 4 is 0 Å². The van der Waals surface area contributed by atoms with Gasteiger partial charge in [-0.25, -0.2) is 5.90 Å². The van der Waals surface area contributed by atoms with Crippen molar-refractivity contribution in [2.75, 3.05) is 13.7 Å². The zero-order valence-electron chi connectivity index (χ0n) is 9.62. The first-order valence-electron chi connectivity index (χ1n) is 5.18. The van der Waals surface area contributed by atoms with Gasteiger partial charge in [0, 0.05) is 0 Å². The monoisotopic (exact) mass is 209 g/mol. The molecule has 0 aliphatic carbocycles. The average Bonchev–Trinajstić information content (AvgIpc) is 2.25. The van der Waals surface area contributed by atoms with E-state index in [1.54, 1.807) is 7.11 Å². The Morgan fingerprint density at radius 1 is 1.33 bits per heavy atom. The topological polar surface area (TPSA) is 44.5 Å². The van der Waals surface area contributed by atoms with Crippen LogP contribution in [0, 0.1) is 0 Å². The number of hydrogen-bond donors (Lipinski definition) is 1. The molecule has 0 fully saturated rings. The SMILES string of the molecule is COc1cccc(CCON)c1C(C)C. The summed E-state index contributed by atoms with van der Waals surface area (Å²) in [6, 6.07) is 6.08. The maximum absolute atomic E-state index is 5.36. The molecule has 0 unspecified atom stereocenters. The number of methoxy groups -OCH3 is 1. The first-order chi connectivity index (χ1) is 7.20. The molecule has 0 saturated carbocycles. The molecule has 0 atom stereocenters. The Morgan fingerprint density at radius 3 is 2.60 bits per heavy atom. The smallest absolute Gasteiger partial charge is 0.122 e.